The summed E-state index contributed by atoms with van der Waals surface area (Å²) in [7, 11) is 0. The van der Waals surface area contributed by atoms with E-state index in [4.69, 9.17) is 4.74 Å². The number of nitro groups is 1. The van der Waals surface area contributed by atoms with Crippen molar-refractivity contribution in [3.05, 3.63) is 64.7 Å². The first kappa shape index (κ1) is 17.2. The number of hydrogen-bond acceptors (Lipinski definition) is 5. The predicted octanol–water partition coefficient (Wildman–Crippen LogP) is 3.19. The van der Waals surface area contributed by atoms with Crippen LogP contribution in [0.15, 0.2) is 54.6 Å². The van der Waals surface area contributed by atoms with Crippen LogP contribution in [0.2, 0.25) is 0 Å². The number of nitro benzene ring substituents is 1. The number of hydrogen-bond donors (Lipinski definition) is 0. The van der Waals surface area contributed by atoms with E-state index in [1.807, 2.05) is 6.07 Å². The fourth-order valence-corrected chi connectivity index (χ4v) is 3.07. The summed E-state index contributed by atoms with van der Waals surface area (Å²) in [6.07, 6.45) is 0.859. The van der Waals surface area contributed by atoms with E-state index in [0.29, 0.717) is 12.4 Å². The minimum Gasteiger partial charge on any atom is -0.487 e. The van der Waals surface area contributed by atoms with Gasteiger partial charge in [-0.25, -0.2) is 0 Å². The van der Waals surface area contributed by atoms with E-state index in [-0.39, 0.29) is 5.69 Å². The Morgan fingerprint density at radius 2 is 1.64 bits per heavy atom. The highest BCUT2D eigenvalue weighted by atomic mass is 16.6. The molecule has 0 saturated carbocycles. The number of anilines is 1. The van der Waals surface area contributed by atoms with Crippen molar-refractivity contribution in [2.24, 2.45) is 0 Å². The second-order valence-corrected chi connectivity index (χ2v) is 6.09. The van der Waals surface area contributed by atoms with Crippen LogP contribution >= 0.6 is 0 Å². The second-order valence-electron chi connectivity index (χ2n) is 6.09. The standard InChI is InChI=1S/C19H23N3O3/c23-22(24)18-9-4-5-10-19(18)25-16-6-11-20-12-14-21(15-13-20)17-7-2-1-3-8-17/h1-5,7-10H,6,11-16H2. The van der Waals surface area contributed by atoms with Crippen LogP contribution in [0.5, 0.6) is 5.75 Å². The fourth-order valence-electron chi connectivity index (χ4n) is 3.07. The first-order valence-electron chi connectivity index (χ1n) is 8.62. The second kappa shape index (κ2) is 8.48. The highest BCUT2D eigenvalue weighted by Crippen LogP contribution is 2.25. The molecule has 0 spiro atoms. The Labute approximate surface area is 147 Å². The zero-order chi connectivity index (χ0) is 17.5. The van der Waals surface area contributed by atoms with Crippen molar-refractivity contribution in [1.29, 1.82) is 0 Å². The van der Waals surface area contributed by atoms with Crippen molar-refractivity contribution in [2.45, 2.75) is 6.42 Å². The van der Waals surface area contributed by atoms with Crippen molar-refractivity contribution >= 4 is 11.4 Å². The van der Waals surface area contributed by atoms with E-state index in [9.17, 15) is 10.1 Å². The molecule has 1 fully saturated rings. The molecular formula is C19H23N3O3. The summed E-state index contributed by atoms with van der Waals surface area (Å²) >= 11 is 0. The molecule has 0 atom stereocenters. The molecule has 6 nitrogen and oxygen atoms in total. The van der Waals surface area contributed by atoms with Crippen LogP contribution in [0.1, 0.15) is 6.42 Å². The van der Waals surface area contributed by atoms with E-state index < -0.39 is 4.92 Å². The lowest BCUT2D eigenvalue weighted by Crippen LogP contribution is -2.46. The van der Waals surface area contributed by atoms with Gasteiger partial charge in [-0.05, 0) is 24.6 Å². The SMILES string of the molecule is O=[N+]([O-])c1ccccc1OCCCN1CCN(c2ccccc2)CC1. The van der Waals surface area contributed by atoms with Gasteiger partial charge in [0, 0.05) is 44.5 Å². The molecule has 0 bridgehead atoms. The van der Waals surface area contributed by atoms with Crippen molar-refractivity contribution in [3.8, 4) is 5.75 Å². The molecule has 132 valence electrons. The zero-order valence-electron chi connectivity index (χ0n) is 14.2. The van der Waals surface area contributed by atoms with Gasteiger partial charge in [0.25, 0.3) is 0 Å². The Bertz CT molecular complexity index is 685. The summed E-state index contributed by atoms with van der Waals surface area (Å²) in [5.41, 5.74) is 1.31. The number of ether oxygens (including phenoxy) is 1. The lowest BCUT2D eigenvalue weighted by Gasteiger charge is -2.36. The molecule has 0 N–H and O–H groups in total. The average Bonchev–Trinajstić information content (AvgIpc) is 2.66. The Kier molecular flexibility index (Phi) is 5.85. The predicted molar refractivity (Wildman–Crippen MR) is 98.3 cm³/mol. The maximum Gasteiger partial charge on any atom is 0.310 e. The van der Waals surface area contributed by atoms with Crippen molar-refractivity contribution < 1.29 is 9.66 Å². The third kappa shape index (κ3) is 4.70. The maximum absolute atomic E-state index is 11.0. The first-order valence-corrected chi connectivity index (χ1v) is 8.62. The summed E-state index contributed by atoms with van der Waals surface area (Å²) in [5.74, 6) is 0.349. The molecule has 0 amide bonds. The molecular weight excluding hydrogens is 318 g/mol. The monoisotopic (exact) mass is 341 g/mol. The molecule has 0 radical (unpaired) electrons. The number of para-hydroxylation sites is 3. The van der Waals surface area contributed by atoms with Gasteiger partial charge in [-0.15, -0.1) is 0 Å². The molecule has 6 heteroatoms. The normalized spacial score (nSPS) is 15.1. The smallest absolute Gasteiger partial charge is 0.310 e. The Hall–Kier alpha value is -2.60. The van der Waals surface area contributed by atoms with Gasteiger partial charge in [0.2, 0.25) is 0 Å². The molecule has 25 heavy (non-hydrogen) atoms. The summed E-state index contributed by atoms with van der Waals surface area (Å²) < 4.78 is 5.60. The van der Waals surface area contributed by atoms with Crippen molar-refractivity contribution in [2.75, 3.05) is 44.2 Å². The van der Waals surface area contributed by atoms with Gasteiger partial charge >= 0.3 is 5.69 Å². The zero-order valence-corrected chi connectivity index (χ0v) is 14.2. The fraction of sp³-hybridized carbons (Fsp3) is 0.368. The van der Waals surface area contributed by atoms with Crippen LogP contribution in [0.4, 0.5) is 11.4 Å². The molecule has 0 aliphatic carbocycles. The maximum atomic E-state index is 11.0. The highest BCUT2D eigenvalue weighted by molar-refractivity contribution is 5.46. The average molecular weight is 341 g/mol. The molecule has 1 aliphatic rings. The van der Waals surface area contributed by atoms with Crippen LogP contribution in [-0.2, 0) is 0 Å². The van der Waals surface area contributed by atoms with E-state index in [0.717, 1.165) is 39.1 Å². The van der Waals surface area contributed by atoms with Gasteiger partial charge in [-0.3, -0.25) is 15.0 Å². The van der Waals surface area contributed by atoms with Gasteiger partial charge < -0.3 is 9.64 Å². The van der Waals surface area contributed by atoms with E-state index in [1.165, 1.54) is 11.8 Å². The minimum absolute atomic E-state index is 0.0268. The molecule has 0 aromatic heterocycles. The number of piperazine rings is 1. The third-order valence-corrected chi connectivity index (χ3v) is 4.43. The summed E-state index contributed by atoms with van der Waals surface area (Å²) in [6.45, 7) is 5.54. The molecule has 1 saturated heterocycles. The molecule has 1 aliphatic heterocycles. The van der Waals surface area contributed by atoms with Gasteiger partial charge in [-0.1, -0.05) is 30.3 Å². The van der Waals surface area contributed by atoms with Crippen molar-refractivity contribution in [3.63, 3.8) is 0 Å². The Morgan fingerprint density at radius 1 is 0.960 bits per heavy atom. The van der Waals surface area contributed by atoms with E-state index in [2.05, 4.69) is 34.1 Å². The summed E-state index contributed by atoms with van der Waals surface area (Å²) in [4.78, 5) is 15.4. The van der Waals surface area contributed by atoms with Crippen LogP contribution < -0.4 is 9.64 Å². The summed E-state index contributed by atoms with van der Waals surface area (Å²) in [5, 5.41) is 11.0. The van der Waals surface area contributed by atoms with Gasteiger partial charge in [0.05, 0.1) is 11.5 Å². The Balaban J connectivity index is 1.39. The highest BCUT2D eigenvalue weighted by Gasteiger charge is 2.17. The van der Waals surface area contributed by atoms with Gasteiger partial charge in [-0.2, -0.15) is 0 Å². The number of nitrogens with zero attached hydrogens (tertiary/aromatic N) is 3. The first-order chi connectivity index (χ1) is 12.2. The lowest BCUT2D eigenvalue weighted by molar-refractivity contribution is -0.385. The topological polar surface area (TPSA) is 58.9 Å². The molecule has 2 aromatic rings. The number of rotatable bonds is 7. The molecule has 3 rings (SSSR count). The number of benzene rings is 2. The van der Waals surface area contributed by atoms with E-state index >= 15 is 0 Å². The van der Waals surface area contributed by atoms with Gasteiger partial charge in [0.1, 0.15) is 0 Å². The quantitative estimate of drug-likeness (QED) is 0.440. The largest absolute Gasteiger partial charge is 0.487 e. The minimum atomic E-state index is -0.405. The van der Waals surface area contributed by atoms with Crippen LogP contribution in [-0.4, -0.2) is 49.2 Å². The summed E-state index contributed by atoms with van der Waals surface area (Å²) in [6, 6.07) is 17.0. The molecule has 0 unspecified atom stereocenters. The van der Waals surface area contributed by atoms with Crippen LogP contribution in [0.25, 0.3) is 0 Å². The Morgan fingerprint density at radius 3 is 2.36 bits per heavy atom. The van der Waals surface area contributed by atoms with Crippen LogP contribution in [0.3, 0.4) is 0 Å². The van der Waals surface area contributed by atoms with Gasteiger partial charge in [0.15, 0.2) is 5.75 Å². The molecule has 2 aromatic carbocycles. The lowest BCUT2D eigenvalue weighted by atomic mass is 10.2. The molecule has 1 heterocycles. The van der Waals surface area contributed by atoms with Crippen molar-refractivity contribution in [1.82, 2.24) is 4.90 Å². The third-order valence-electron chi connectivity index (χ3n) is 4.43. The van der Waals surface area contributed by atoms with Crippen LogP contribution in [0, 0.1) is 10.1 Å². The van der Waals surface area contributed by atoms with E-state index in [1.54, 1.807) is 18.2 Å².